The molecule has 0 saturated heterocycles. The van der Waals surface area contributed by atoms with E-state index >= 15 is 0 Å². The van der Waals surface area contributed by atoms with Crippen LogP contribution in [0.2, 0.25) is 5.02 Å². The van der Waals surface area contributed by atoms with Gasteiger partial charge in [-0.2, -0.15) is 0 Å². The van der Waals surface area contributed by atoms with Crippen molar-refractivity contribution in [2.75, 3.05) is 5.32 Å². The van der Waals surface area contributed by atoms with E-state index in [1.54, 1.807) is 30.6 Å². The monoisotopic (exact) mass is 327 g/mol. The molecule has 0 saturated carbocycles. The van der Waals surface area contributed by atoms with E-state index in [-0.39, 0.29) is 12.3 Å². The molecule has 2 heterocycles. The molecule has 0 unspecified atom stereocenters. The Morgan fingerprint density at radius 2 is 2.00 bits per heavy atom. The Hall–Kier alpha value is -2.73. The number of carbonyl (C=O) groups is 1. The van der Waals surface area contributed by atoms with Gasteiger partial charge in [-0.15, -0.1) is 0 Å². The Balaban J connectivity index is 1.71. The summed E-state index contributed by atoms with van der Waals surface area (Å²) in [6.07, 6.45) is 5.15. The van der Waals surface area contributed by atoms with Crippen molar-refractivity contribution < 1.29 is 4.79 Å². The van der Waals surface area contributed by atoms with Crippen LogP contribution >= 0.6 is 11.6 Å². The number of aromatic nitrogens is 4. The smallest absolute Gasteiger partial charge is 0.229 e. The first-order valence-electron chi connectivity index (χ1n) is 6.98. The van der Waals surface area contributed by atoms with Crippen LogP contribution in [0.5, 0.6) is 0 Å². The number of amides is 1. The van der Waals surface area contributed by atoms with Crippen molar-refractivity contribution in [3.05, 3.63) is 65.5 Å². The highest BCUT2D eigenvalue weighted by molar-refractivity contribution is 6.30. The molecule has 7 heteroatoms. The Morgan fingerprint density at radius 1 is 1.22 bits per heavy atom. The molecule has 0 fully saturated rings. The third-order valence-electron chi connectivity index (χ3n) is 3.27. The molecule has 0 aliphatic heterocycles. The van der Waals surface area contributed by atoms with Crippen LogP contribution in [0, 0.1) is 6.92 Å². The zero-order chi connectivity index (χ0) is 16.2. The van der Waals surface area contributed by atoms with E-state index in [1.807, 2.05) is 23.6 Å². The minimum atomic E-state index is -0.153. The lowest BCUT2D eigenvalue weighted by molar-refractivity contribution is -0.115. The third-order valence-corrected chi connectivity index (χ3v) is 3.52. The fourth-order valence-corrected chi connectivity index (χ4v) is 2.27. The summed E-state index contributed by atoms with van der Waals surface area (Å²) >= 11 is 5.83. The average molecular weight is 328 g/mol. The maximum Gasteiger partial charge on any atom is 0.229 e. The minimum absolute atomic E-state index is 0.153. The topological polar surface area (TPSA) is 72.7 Å². The maximum atomic E-state index is 12.1. The van der Waals surface area contributed by atoms with Gasteiger partial charge in [-0.1, -0.05) is 23.7 Å². The van der Waals surface area contributed by atoms with E-state index < -0.39 is 0 Å². The van der Waals surface area contributed by atoms with Crippen LogP contribution in [0.3, 0.4) is 0 Å². The lowest BCUT2D eigenvalue weighted by atomic mass is 10.1. The standard InChI is InChI=1S/C16H14ClN5O/c1-11-18-6-7-22(11)15-9-14(19-10-20-15)21-16(23)8-12-2-4-13(17)5-3-12/h2-7,9-10H,8H2,1H3,(H,19,20,21,23). The molecule has 2 aromatic heterocycles. The number of benzene rings is 1. The second kappa shape index (κ2) is 6.58. The molecule has 1 N–H and O–H groups in total. The molecule has 3 aromatic rings. The van der Waals surface area contributed by atoms with Crippen molar-refractivity contribution in [2.45, 2.75) is 13.3 Å². The number of anilines is 1. The first-order valence-corrected chi connectivity index (χ1v) is 7.36. The Kier molecular flexibility index (Phi) is 4.34. The number of nitrogens with one attached hydrogen (secondary N) is 1. The van der Waals surface area contributed by atoms with Crippen LogP contribution < -0.4 is 5.32 Å². The molecule has 0 bridgehead atoms. The van der Waals surface area contributed by atoms with Crippen LogP contribution in [0.25, 0.3) is 5.82 Å². The van der Waals surface area contributed by atoms with Crippen LogP contribution in [-0.4, -0.2) is 25.4 Å². The van der Waals surface area contributed by atoms with E-state index in [4.69, 9.17) is 11.6 Å². The highest BCUT2D eigenvalue weighted by Crippen LogP contribution is 2.13. The van der Waals surface area contributed by atoms with Crippen molar-refractivity contribution in [2.24, 2.45) is 0 Å². The zero-order valence-corrected chi connectivity index (χ0v) is 13.2. The molecule has 116 valence electrons. The normalized spacial score (nSPS) is 10.5. The molecule has 1 amide bonds. The third kappa shape index (κ3) is 3.73. The molecule has 0 spiro atoms. The summed E-state index contributed by atoms with van der Waals surface area (Å²) in [4.78, 5) is 24.5. The van der Waals surface area contributed by atoms with E-state index in [9.17, 15) is 4.79 Å². The van der Waals surface area contributed by atoms with Crippen LogP contribution in [0.1, 0.15) is 11.4 Å². The fourth-order valence-electron chi connectivity index (χ4n) is 2.14. The number of nitrogens with zero attached hydrogens (tertiary/aromatic N) is 4. The maximum absolute atomic E-state index is 12.1. The van der Waals surface area contributed by atoms with Crippen molar-refractivity contribution >= 4 is 23.3 Å². The molecule has 0 aliphatic carbocycles. The first-order chi connectivity index (χ1) is 11.1. The van der Waals surface area contributed by atoms with Gasteiger partial charge in [-0.25, -0.2) is 15.0 Å². The van der Waals surface area contributed by atoms with Gasteiger partial charge in [-0.3, -0.25) is 9.36 Å². The van der Waals surface area contributed by atoms with E-state index in [0.29, 0.717) is 16.7 Å². The van der Waals surface area contributed by atoms with Gasteiger partial charge in [0.1, 0.15) is 23.8 Å². The molecular weight excluding hydrogens is 314 g/mol. The van der Waals surface area contributed by atoms with Crippen molar-refractivity contribution in [3.63, 3.8) is 0 Å². The predicted molar refractivity (Wildman–Crippen MR) is 87.7 cm³/mol. The molecule has 23 heavy (non-hydrogen) atoms. The second-order valence-electron chi connectivity index (χ2n) is 4.96. The van der Waals surface area contributed by atoms with Crippen LogP contribution in [0.4, 0.5) is 5.82 Å². The summed E-state index contributed by atoms with van der Waals surface area (Å²) in [5, 5.41) is 3.41. The largest absolute Gasteiger partial charge is 0.310 e. The Labute approximate surface area is 138 Å². The van der Waals surface area contributed by atoms with Gasteiger partial charge in [0.2, 0.25) is 5.91 Å². The Morgan fingerprint density at radius 3 is 2.70 bits per heavy atom. The SMILES string of the molecule is Cc1nccn1-c1cc(NC(=O)Cc2ccc(Cl)cc2)ncn1. The van der Waals surface area contributed by atoms with Crippen LogP contribution in [0.15, 0.2) is 49.1 Å². The Bertz CT molecular complexity index is 828. The van der Waals surface area contributed by atoms with Gasteiger partial charge in [-0.05, 0) is 24.6 Å². The van der Waals surface area contributed by atoms with Crippen molar-refractivity contribution in [1.82, 2.24) is 19.5 Å². The lowest BCUT2D eigenvalue weighted by Gasteiger charge is -2.07. The minimum Gasteiger partial charge on any atom is -0.310 e. The summed E-state index contributed by atoms with van der Waals surface area (Å²) in [5.74, 6) is 1.75. The zero-order valence-electron chi connectivity index (χ0n) is 12.4. The summed E-state index contributed by atoms with van der Waals surface area (Å²) in [6, 6.07) is 8.86. The van der Waals surface area contributed by atoms with Crippen LogP contribution in [-0.2, 0) is 11.2 Å². The van der Waals surface area contributed by atoms with Gasteiger partial charge < -0.3 is 5.32 Å². The number of aryl methyl sites for hydroxylation is 1. The number of hydrogen-bond donors (Lipinski definition) is 1. The van der Waals surface area contributed by atoms with E-state index in [1.165, 1.54) is 6.33 Å². The molecular formula is C16H14ClN5O. The van der Waals surface area contributed by atoms with Gasteiger partial charge in [0.05, 0.1) is 6.42 Å². The highest BCUT2D eigenvalue weighted by atomic mass is 35.5. The lowest BCUT2D eigenvalue weighted by Crippen LogP contribution is -2.15. The summed E-state index contributed by atoms with van der Waals surface area (Å²) in [5.41, 5.74) is 0.881. The number of imidazole rings is 1. The first kappa shape index (κ1) is 15.2. The number of carbonyl (C=O) groups excluding carboxylic acids is 1. The van der Waals surface area contributed by atoms with E-state index in [0.717, 1.165) is 11.4 Å². The van der Waals surface area contributed by atoms with Crippen molar-refractivity contribution in [3.8, 4) is 5.82 Å². The summed E-state index contributed by atoms with van der Waals surface area (Å²) in [6.45, 7) is 1.88. The number of hydrogen-bond acceptors (Lipinski definition) is 4. The molecule has 3 rings (SSSR count). The van der Waals surface area contributed by atoms with Crippen molar-refractivity contribution in [1.29, 1.82) is 0 Å². The molecule has 0 radical (unpaired) electrons. The van der Waals surface area contributed by atoms with Gasteiger partial charge in [0.25, 0.3) is 0 Å². The number of rotatable bonds is 4. The predicted octanol–water partition coefficient (Wildman–Crippen LogP) is 2.81. The van der Waals surface area contributed by atoms with E-state index in [2.05, 4.69) is 20.3 Å². The number of halogens is 1. The highest BCUT2D eigenvalue weighted by Gasteiger charge is 2.08. The molecule has 6 nitrogen and oxygen atoms in total. The fraction of sp³-hybridized carbons (Fsp3) is 0.125. The quantitative estimate of drug-likeness (QED) is 0.799. The van der Waals surface area contributed by atoms with Gasteiger partial charge >= 0.3 is 0 Å². The molecule has 1 aromatic carbocycles. The molecule has 0 atom stereocenters. The molecule has 0 aliphatic rings. The summed E-state index contributed by atoms with van der Waals surface area (Å²) in [7, 11) is 0. The van der Waals surface area contributed by atoms with Gasteiger partial charge in [0, 0.05) is 23.5 Å². The second-order valence-corrected chi connectivity index (χ2v) is 5.39. The average Bonchev–Trinajstić information content (AvgIpc) is 2.96. The summed E-state index contributed by atoms with van der Waals surface area (Å²) < 4.78 is 1.82. The van der Waals surface area contributed by atoms with Gasteiger partial charge in [0.15, 0.2) is 0 Å².